The minimum absolute atomic E-state index is 0.241. The molecule has 2 amide bonds. The lowest BCUT2D eigenvalue weighted by Crippen LogP contribution is -2.31. The van der Waals surface area contributed by atoms with Gasteiger partial charge in [-0.1, -0.05) is 48.5 Å². The lowest BCUT2D eigenvalue weighted by molar-refractivity contribution is -0.154. The van der Waals surface area contributed by atoms with Crippen LogP contribution in [0, 0.1) is 0 Å². The first kappa shape index (κ1) is 27.1. The number of rotatable bonds is 10. The predicted molar refractivity (Wildman–Crippen MR) is 146 cm³/mol. The number of phenols is 1. The first-order chi connectivity index (χ1) is 18.1. The van der Waals surface area contributed by atoms with Gasteiger partial charge in [-0.3, -0.25) is 19.3 Å². The lowest BCUT2D eigenvalue weighted by atomic mass is 9.96. The van der Waals surface area contributed by atoms with E-state index in [-0.39, 0.29) is 24.2 Å². The fourth-order valence-electron chi connectivity index (χ4n) is 4.80. The maximum Gasteiger partial charge on any atom is 0.306 e. The van der Waals surface area contributed by atoms with Crippen molar-refractivity contribution in [3.05, 3.63) is 100 Å². The van der Waals surface area contributed by atoms with Crippen LogP contribution in [0.15, 0.2) is 66.7 Å². The van der Waals surface area contributed by atoms with Crippen molar-refractivity contribution in [2.45, 2.75) is 64.9 Å². The Kier molecular flexibility index (Phi) is 8.30. The summed E-state index contributed by atoms with van der Waals surface area (Å²) in [6, 6.07) is 20.5. The maximum atomic E-state index is 12.8. The molecule has 3 aromatic rings. The van der Waals surface area contributed by atoms with Crippen molar-refractivity contribution in [3.63, 3.8) is 0 Å². The number of aromatic hydroxyl groups is 1. The van der Waals surface area contributed by atoms with Gasteiger partial charge in [-0.25, -0.2) is 0 Å². The van der Waals surface area contributed by atoms with Crippen LogP contribution in [0.1, 0.15) is 76.6 Å². The number of fused-ring (bicyclic) bond motifs is 1. The second kappa shape index (κ2) is 11.6. The number of aryl methyl sites for hydroxylation is 3. The molecule has 3 aromatic carbocycles. The molecule has 6 nitrogen and oxygen atoms in total. The van der Waals surface area contributed by atoms with Crippen LogP contribution < -0.4 is 0 Å². The van der Waals surface area contributed by atoms with Crippen molar-refractivity contribution in [2.75, 3.05) is 6.54 Å². The first-order valence-electron chi connectivity index (χ1n) is 13.2. The molecule has 1 aliphatic heterocycles. The predicted octanol–water partition coefficient (Wildman–Crippen LogP) is 5.68. The molecule has 0 radical (unpaired) electrons. The summed E-state index contributed by atoms with van der Waals surface area (Å²) in [5, 5.41) is 10.1. The van der Waals surface area contributed by atoms with Crippen molar-refractivity contribution >= 4 is 17.8 Å². The molecule has 38 heavy (non-hydrogen) atoms. The Balaban J connectivity index is 1.46. The molecule has 6 heteroatoms. The van der Waals surface area contributed by atoms with Crippen LogP contribution in [0.3, 0.4) is 0 Å². The Labute approximate surface area is 224 Å². The summed E-state index contributed by atoms with van der Waals surface area (Å²) in [5.74, 6) is -0.445. The van der Waals surface area contributed by atoms with E-state index in [0.717, 1.165) is 41.5 Å². The van der Waals surface area contributed by atoms with Gasteiger partial charge in [0, 0.05) is 13.0 Å². The highest BCUT2D eigenvalue weighted by atomic mass is 16.6. The Morgan fingerprint density at radius 1 is 0.789 bits per heavy atom. The number of hydrogen-bond acceptors (Lipinski definition) is 5. The van der Waals surface area contributed by atoms with E-state index in [4.69, 9.17) is 4.74 Å². The smallest absolute Gasteiger partial charge is 0.306 e. The van der Waals surface area contributed by atoms with Gasteiger partial charge in [0.15, 0.2) is 0 Å². The normalized spacial score (nSPS) is 13.1. The van der Waals surface area contributed by atoms with Crippen LogP contribution in [0.5, 0.6) is 5.75 Å². The first-order valence-corrected chi connectivity index (χ1v) is 13.2. The topological polar surface area (TPSA) is 83.9 Å². The van der Waals surface area contributed by atoms with Crippen LogP contribution in [-0.4, -0.2) is 39.9 Å². The second-order valence-corrected chi connectivity index (χ2v) is 10.8. The quantitative estimate of drug-likeness (QED) is 0.279. The number of benzene rings is 3. The standard InChI is InChI=1S/C32H35NO5/c1-32(2,3)38-29(35)16-15-23-19-22(9-8-11-25-10-4-7-14-28(25)34)20-24(21-23)17-18-33-30(36)26-12-5-6-13-27(26)31(33)37/h4-7,10,12-14,19-21,34H,8-9,11,15-18H2,1-3H3. The molecule has 0 spiro atoms. The number of nitrogens with zero attached hydrogens (tertiary/aromatic N) is 1. The molecule has 4 rings (SSSR count). The van der Waals surface area contributed by atoms with Crippen LogP contribution in [0.25, 0.3) is 0 Å². The number of esters is 1. The molecule has 0 unspecified atom stereocenters. The van der Waals surface area contributed by atoms with E-state index in [1.54, 1.807) is 30.3 Å². The summed E-state index contributed by atoms with van der Waals surface area (Å²) in [5.41, 5.74) is 4.45. The number of carbonyl (C=O) groups is 3. The van der Waals surface area contributed by atoms with Gasteiger partial charge in [0.2, 0.25) is 0 Å². The zero-order valence-electron chi connectivity index (χ0n) is 22.3. The minimum Gasteiger partial charge on any atom is -0.508 e. The Morgan fingerprint density at radius 2 is 1.34 bits per heavy atom. The number of amides is 2. The third-order valence-corrected chi connectivity index (χ3v) is 6.56. The molecule has 0 saturated heterocycles. The average Bonchev–Trinajstić information content (AvgIpc) is 3.11. The Hall–Kier alpha value is -3.93. The summed E-state index contributed by atoms with van der Waals surface area (Å²) in [6.45, 7) is 5.85. The van der Waals surface area contributed by atoms with E-state index in [9.17, 15) is 19.5 Å². The van der Waals surface area contributed by atoms with Gasteiger partial charge in [-0.05, 0) is 93.3 Å². The van der Waals surface area contributed by atoms with E-state index in [2.05, 4.69) is 18.2 Å². The molecule has 0 bridgehead atoms. The van der Waals surface area contributed by atoms with Gasteiger partial charge in [-0.15, -0.1) is 0 Å². The van der Waals surface area contributed by atoms with Crippen molar-refractivity contribution in [1.29, 1.82) is 0 Å². The third-order valence-electron chi connectivity index (χ3n) is 6.56. The van der Waals surface area contributed by atoms with E-state index in [1.165, 1.54) is 4.90 Å². The number of hydrogen-bond donors (Lipinski definition) is 1. The molecule has 1 aliphatic rings. The van der Waals surface area contributed by atoms with Crippen molar-refractivity contribution in [3.8, 4) is 5.75 Å². The number of ether oxygens (including phenoxy) is 1. The molecule has 0 aliphatic carbocycles. The fraction of sp³-hybridized carbons (Fsp3) is 0.344. The highest BCUT2D eigenvalue weighted by molar-refractivity contribution is 6.21. The van der Waals surface area contributed by atoms with Gasteiger partial charge in [0.1, 0.15) is 11.4 Å². The lowest BCUT2D eigenvalue weighted by Gasteiger charge is -2.19. The highest BCUT2D eigenvalue weighted by Gasteiger charge is 2.34. The largest absolute Gasteiger partial charge is 0.508 e. The number of phenolic OH excluding ortho intramolecular Hbond substituents is 1. The van der Waals surface area contributed by atoms with Crippen LogP contribution in [0.2, 0.25) is 0 Å². The Morgan fingerprint density at radius 3 is 1.95 bits per heavy atom. The van der Waals surface area contributed by atoms with Crippen molar-refractivity contribution in [2.24, 2.45) is 0 Å². The van der Waals surface area contributed by atoms with Gasteiger partial charge < -0.3 is 9.84 Å². The van der Waals surface area contributed by atoms with Gasteiger partial charge in [0.05, 0.1) is 11.1 Å². The van der Waals surface area contributed by atoms with Crippen molar-refractivity contribution < 1.29 is 24.2 Å². The van der Waals surface area contributed by atoms with E-state index >= 15 is 0 Å². The Bertz CT molecular complexity index is 1300. The maximum absolute atomic E-state index is 12.8. The van der Waals surface area contributed by atoms with Gasteiger partial charge in [0.25, 0.3) is 11.8 Å². The van der Waals surface area contributed by atoms with E-state index in [0.29, 0.717) is 36.3 Å². The second-order valence-electron chi connectivity index (χ2n) is 10.8. The van der Waals surface area contributed by atoms with E-state index in [1.807, 2.05) is 39.0 Å². The molecule has 0 atom stereocenters. The zero-order valence-corrected chi connectivity index (χ0v) is 22.3. The molecule has 0 aromatic heterocycles. The number of carbonyl (C=O) groups excluding carboxylic acids is 3. The number of para-hydroxylation sites is 1. The summed E-state index contributed by atoms with van der Waals surface area (Å²) in [6.07, 6.45) is 3.75. The third kappa shape index (κ3) is 6.88. The highest BCUT2D eigenvalue weighted by Crippen LogP contribution is 2.24. The summed E-state index contributed by atoms with van der Waals surface area (Å²) < 4.78 is 5.47. The van der Waals surface area contributed by atoms with Crippen LogP contribution in [-0.2, 0) is 35.2 Å². The van der Waals surface area contributed by atoms with Crippen molar-refractivity contribution in [1.82, 2.24) is 4.90 Å². The molecule has 1 N–H and O–H groups in total. The molecule has 1 heterocycles. The van der Waals surface area contributed by atoms with Crippen LogP contribution in [0.4, 0.5) is 0 Å². The van der Waals surface area contributed by atoms with Crippen LogP contribution >= 0.6 is 0 Å². The summed E-state index contributed by atoms with van der Waals surface area (Å²) in [7, 11) is 0. The molecular weight excluding hydrogens is 478 g/mol. The molecule has 0 saturated carbocycles. The van der Waals surface area contributed by atoms with Gasteiger partial charge >= 0.3 is 5.97 Å². The minimum atomic E-state index is -0.528. The molecular formula is C32H35NO5. The average molecular weight is 514 g/mol. The SMILES string of the molecule is CC(C)(C)OC(=O)CCc1cc(CCCc2ccccc2O)cc(CCN2C(=O)c3ccccc3C2=O)c1. The summed E-state index contributed by atoms with van der Waals surface area (Å²) >= 11 is 0. The zero-order chi connectivity index (χ0) is 27.3. The number of imide groups is 1. The van der Waals surface area contributed by atoms with Gasteiger partial charge in [-0.2, -0.15) is 0 Å². The molecule has 198 valence electrons. The van der Waals surface area contributed by atoms with E-state index < -0.39 is 5.60 Å². The molecule has 0 fully saturated rings. The summed E-state index contributed by atoms with van der Waals surface area (Å²) in [4.78, 5) is 39.2. The fourth-order valence-corrected chi connectivity index (χ4v) is 4.80. The monoisotopic (exact) mass is 513 g/mol.